The van der Waals surface area contributed by atoms with E-state index in [1.807, 2.05) is 54.9 Å². The highest BCUT2D eigenvalue weighted by atomic mass is 32.2. The molecule has 1 aliphatic heterocycles. The molecule has 0 radical (unpaired) electrons. The van der Waals surface area contributed by atoms with Crippen LogP contribution in [0.15, 0.2) is 64.8 Å². The molecule has 1 amide bonds. The van der Waals surface area contributed by atoms with Crippen molar-refractivity contribution in [3.63, 3.8) is 0 Å². The van der Waals surface area contributed by atoms with Crippen molar-refractivity contribution in [2.24, 2.45) is 0 Å². The third kappa shape index (κ3) is 4.95. The molecule has 33 heavy (non-hydrogen) atoms. The molecule has 2 N–H and O–H groups in total. The summed E-state index contributed by atoms with van der Waals surface area (Å²) in [6.07, 6.45) is 6.20. The Kier molecular flexibility index (Phi) is 6.70. The lowest BCUT2D eigenvalue weighted by Crippen LogP contribution is -2.18. The van der Waals surface area contributed by atoms with Crippen LogP contribution in [0.1, 0.15) is 12.8 Å². The van der Waals surface area contributed by atoms with E-state index in [0.29, 0.717) is 6.54 Å². The number of carbonyl (C=O) groups excluding carboxylic acids is 1. The van der Waals surface area contributed by atoms with Crippen LogP contribution < -0.4 is 5.32 Å². The lowest BCUT2D eigenvalue weighted by molar-refractivity contribution is -0.113. The second-order valence-electron chi connectivity index (χ2n) is 7.87. The predicted octanol–water partition coefficient (Wildman–Crippen LogP) is 5.06. The predicted molar refractivity (Wildman–Crippen MR) is 134 cm³/mol. The van der Waals surface area contributed by atoms with E-state index in [0.717, 1.165) is 57.5 Å². The number of nitrogens with one attached hydrogen (secondary N) is 2. The van der Waals surface area contributed by atoms with E-state index in [2.05, 4.69) is 31.1 Å². The number of amides is 1. The van der Waals surface area contributed by atoms with Gasteiger partial charge in [-0.2, -0.15) is 0 Å². The Hall–Kier alpha value is -2.75. The van der Waals surface area contributed by atoms with Crippen LogP contribution in [0.3, 0.4) is 0 Å². The van der Waals surface area contributed by atoms with Gasteiger partial charge >= 0.3 is 0 Å². The molecule has 2 aromatic carbocycles. The van der Waals surface area contributed by atoms with Gasteiger partial charge in [0.05, 0.1) is 18.4 Å². The minimum absolute atomic E-state index is 0.0708. The Labute approximate surface area is 200 Å². The number of aromatic nitrogens is 4. The van der Waals surface area contributed by atoms with Crippen molar-refractivity contribution in [3.8, 4) is 11.4 Å². The Morgan fingerprint density at radius 2 is 2.15 bits per heavy atom. The first-order valence-corrected chi connectivity index (χ1v) is 13.1. The van der Waals surface area contributed by atoms with Crippen LogP contribution in [0, 0.1) is 0 Å². The molecule has 3 heterocycles. The first kappa shape index (κ1) is 22.1. The molecule has 9 heteroatoms. The number of nitrogens with zero attached hydrogens (tertiary/aromatic N) is 3. The minimum Gasteiger partial charge on any atom is -0.376 e. The number of H-pyrrole nitrogens is 1. The van der Waals surface area contributed by atoms with Gasteiger partial charge < -0.3 is 15.0 Å². The smallest absolute Gasteiger partial charge is 0.234 e. The van der Waals surface area contributed by atoms with Gasteiger partial charge in [-0.1, -0.05) is 36.0 Å². The zero-order chi connectivity index (χ0) is 22.6. The van der Waals surface area contributed by atoms with E-state index >= 15 is 0 Å². The highest BCUT2D eigenvalue weighted by Crippen LogP contribution is 2.31. The van der Waals surface area contributed by atoms with Crippen LogP contribution in [0.2, 0.25) is 0 Å². The zero-order valence-corrected chi connectivity index (χ0v) is 19.9. The highest BCUT2D eigenvalue weighted by Gasteiger charge is 2.23. The Morgan fingerprint density at radius 1 is 1.24 bits per heavy atom. The molecule has 0 spiro atoms. The summed E-state index contributed by atoms with van der Waals surface area (Å²) >= 11 is 3.04. The minimum atomic E-state index is -0.0708. The molecule has 5 rings (SSSR count). The van der Waals surface area contributed by atoms with Crippen molar-refractivity contribution in [3.05, 3.63) is 54.7 Å². The maximum absolute atomic E-state index is 12.6. The summed E-state index contributed by atoms with van der Waals surface area (Å²) < 4.78 is 7.99. The molecule has 1 aliphatic rings. The molecule has 1 unspecified atom stereocenters. The molecule has 0 bridgehead atoms. The molecule has 170 valence electrons. The summed E-state index contributed by atoms with van der Waals surface area (Å²) in [7, 11) is 0. The summed E-state index contributed by atoms with van der Waals surface area (Å²) in [5.74, 6) is 0.971. The maximum atomic E-state index is 12.6. The largest absolute Gasteiger partial charge is 0.376 e. The van der Waals surface area contributed by atoms with Crippen molar-refractivity contribution in [2.75, 3.05) is 23.9 Å². The van der Waals surface area contributed by atoms with Crippen LogP contribution in [0.5, 0.6) is 0 Å². The Bertz CT molecular complexity index is 1260. The van der Waals surface area contributed by atoms with Crippen molar-refractivity contribution in [1.29, 1.82) is 0 Å². The van der Waals surface area contributed by atoms with Gasteiger partial charge in [0, 0.05) is 39.9 Å². The fourth-order valence-corrected chi connectivity index (χ4v) is 5.24. The van der Waals surface area contributed by atoms with Gasteiger partial charge in [-0.05, 0) is 43.4 Å². The van der Waals surface area contributed by atoms with Crippen molar-refractivity contribution < 1.29 is 9.53 Å². The number of fused-ring (bicyclic) bond motifs is 1. The second-order valence-corrected chi connectivity index (χ2v) is 9.69. The van der Waals surface area contributed by atoms with E-state index < -0.39 is 0 Å². The summed E-state index contributed by atoms with van der Waals surface area (Å²) in [5.41, 5.74) is 2.86. The van der Waals surface area contributed by atoms with Crippen LogP contribution in [0.25, 0.3) is 22.3 Å². The van der Waals surface area contributed by atoms with Gasteiger partial charge in [0.2, 0.25) is 5.91 Å². The fourth-order valence-electron chi connectivity index (χ4n) is 4.04. The number of carbonyl (C=O) groups is 1. The SMILES string of the molecule is CSc1cccc(NC(=O)CSc2nnc(-c3c[nH]c4ccccc34)n2CC2CCCO2)c1. The van der Waals surface area contributed by atoms with Crippen molar-refractivity contribution >= 4 is 46.0 Å². The topological polar surface area (TPSA) is 84.8 Å². The zero-order valence-electron chi connectivity index (χ0n) is 18.3. The van der Waals surface area contributed by atoms with Crippen LogP contribution in [-0.4, -0.2) is 50.4 Å². The van der Waals surface area contributed by atoms with Gasteiger partial charge in [-0.15, -0.1) is 22.0 Å². The number of anilines is 1. The summed E-state index contributed by atoms with van der Waals surface area (Å²) in [6.45, 7) is 1.46. The van der Waals surface area contributed by atoms with Gasteiger partial charge in [-0.3, -0.25) is 9.36 Å². The lowest BCUT2D eigenvalue weighted by atomic mass is 10.1. The van der Waals surface area contributed by atoms with Gasteiger partial charge in [0.25, 0.3) is 0 Å². The van der Waals surface area contributed by atoms with Crippen molar-refractivity contribution in [1.82, 2.24) is 19.7 Å². The number of para-hydroxylation sites is 1. The Morgan fingerprint density at radius 3 is 3.00 bits per heavy atom. The number of ether oxygens (including phenoxy) is 1. The molecule has 0 aliphatic carbocycles. The third-order valence-electron chi connectivity index (χ3n) is 5.64. The Balaban J connectivity index is 1.37. The molecular weight excluding hydrogens is 454 g/mol. The van der Waals surface area contributed by atoms with E-state index in [1.165, 1.54) is 11.8 Å². The first-order valence-electron chi connectivity index (χ1n) is 10.9. The quantitative estimate of drug-likeness (QED) is 0.344. The van der Waals surface area contributed by atoms with E-state index in [-0.39, 0.29) is 17.8 Å². The van der Waals surface area contributed by atoms with Gasteiger partial charge in [-0.25, -0.2) is 0 Å². The molecule has 2 aromatic heterocycles. The number of hydrogen-bond donors (Lipinski definition) is 2. The number of hydrogen-bond acceptors (Lipinski definition) is 6. The molecule has 0 saturated carbocycles. The molecule has 4 aromatic rings. The van der Waals surface area contributed by atoms with Gasteiger partial charge in [0.15, 0.2) is 11.0 Å². The third-order valence-corrected chi connectivity index (χ3v) is 7.34. The maximum Gasteiger partial charge on any atom is 0.234 e. The second kappa shape index (κ2) is 10.0. The molecule has 1 saturated heterocycles. The molecule has 1 fully saturated rings. The molecule has 1 atom stereocenters. The van der Waals surface area contributed by atoms with Crippen LogP contribution in [0.4, 0.5) is 5.69 Å². The number of aromatic amines is 1. The van der Waals surface area contributed by atoms with Crippen molar-refractivity contribution in [2.45, 2.75) is 35.5 Å². The van der Waals surface area contributed by atoms with Crippen LogP contribution >= 0.6 is 23.5 Å². The molecule has 7 nitrogen and oxygen atoms in total. The average Bonchev–Trinajstić information content (AvgIpc) is 3.58. The molecular formula is C24H25N5O2S2. The van der Waals surface area contributed by atoms with E-state index in [1.54, 1.807) is 11.8 Å². The highest BCUT2D eigenvalue weighted by molar-refractivity contribution is 7.99. The van der Waals surface area contributed by atoms with Gasteiger partial charge in [0.1, 0.15) is 0 Å². The van der Waals surface area contributed by atoms with E-state index in [9.17, 15) is 4.79 Å². The average molecular weight is 480 g/mol. The summed E-state index contributed by atoms with van der Waals surface area (Å²) in [5, 5.41) is 13.8. The number of thioether (sulfide) groups is 2. The summed E-state index contributed by atoms with van der Waals surface area (Å²) in [6, 6.07) is 16.0. The number of rotatable bonds is 8. The first-order chi connectivity index (χ1) is 16.2. The normalized spacial score (nSPS) is 15.8. The van der Waals surface area contributed by atoms with E-state index in [4.69, 9.17) is 4.74 Å². The monoisotopic (exact) mass is 479 g/mol. The fraction of sp³-hybridized carbons (Fsp3) is 0.292. The lowest BCUT2D eigenvalue weighted by Gasteiger charge is -2.14. The van der Waals surface area contributed by atoms with Crippen LogP contribution in [-0.2, 0) is 16.1 Å². The number of benzene rings is 2. The summed E-state index contributed by atoms with van der Waals surface area (Å²) in [4.78, 5) is 17.1. The standard InChI is InChI=1S/C24H25N5O2S2/c1-32-18-8-4-6-16(12-18)26-22(30)15-33-24-28-27-23(29(24)14-17-7-5-11-31-17)20-13-25-21-10-3-2-9-19(20)21/h2-4,6,8-10,12-13,17,25H,5,7,11,14-15H2,1H3,(H,26,30).